The van der Waals surface area contributed by atoms with E-state index in [0.29, 0.717) is 4.34 Å². The van der Waals surface area contributed by atoms with E-state index in [1.54, 1.807) is 0 Å². The van der Waals surface area contributed by atoms with E-state index < -0.39 is 29.1 Å². The molecule has 1 aromatic heterocycles. The third-order valence-corrected chi connectivity index (χ3v) is 5.27. The van der Waals surface area contributed by atoms with Gasteiger partial charge >= 0.3 is 0 Å². The number of hydrogen-bond acceptors (Lipinski definition) is 6. The number of aromatic nitrogens is 2. The van der Waals surface area contributed by atoms with Gasteiger partial charge in [-0.3, -0.25) is 14.9 Å². The van der Waals surface area contributed by atoms with Crippen molar-refractivity contribution >= 4 is 39.9 Å². The van der Waals surface area contributed by atoms with E-state index in [0.717, 1.165) is 35.2 Å². The first-order chi connectivity index (χ1) is 12.9. The zero-order valence-electron chi connectivity index (χ0n) is 13.4. The van der Waals surface area contributed by atoms with Gasteiger partial charge in [0.1, 0.15) is 5.82 Å². The first-order valence-corrected chi connectivity index (χ1v) is 9.24. The molecule has 0 aliphatic carbocycles. The summed E-state index contributed by atoms with van der Waals surface area (Å²) in [6, 6.07) is 7.94. The van der Waals surface area contributed by atoms with Gasteiger partial charge in [-0.1, -0.05) is 23.1 Å². The molecule has 1 N–H and O–H groups in total. The molecule has 0 saturated carbocycles. The summed E-state index contributed by atoms with van der Waals surface area (Å²) in [5.74, 6) is -3.48. The lowest BCUT2D eigenvalue weighted by molar-refractivity contribution is 0.101. The zero-order valence-corrected chi connectivity index (χ0v) is 15.0. The molecule has 5 nitrogen and oxygen atoms in total. The SMILES string of the molecule is O=C(CSc1nnc(NC(=O)c2ccc(F)cc2)s1)c1ccc(F)c(F)c1. The van der Waals surface area contributed by atoms with Crippen molar-refractivity contribution in [1.29, 1.82) is 0 Å². The lowest BCUT2D eigenvalue weighted by atomic mass is 10.1. The molecule has 0 aliphatic heterocycles. The Kier molecular flexibility index (Phi) is 5.87. The molecule has 0 aliphatic rings. The van der Waals surface area contributed by atoms with Crippen LogP contribution in [0.3, 0.4) is 0 Å². The quantitative estimate of drug-likeness (QED) is 0.376. The minimum atomic E-state index is -1.09. The highest BCUT2D eigenvalue weighted by Crippen LogP contribution is 2.26. The largest absolute Gasteiger partial charge is 0.296 e. The lowest BCUT2D eigenvalue weighted by Gasteiger charge is -2.01. The summed E-state index contributed by atoms with van der Waals surface area (Å²) in [6.45, 7) is 0. The van der Waals surface area contributed by atoms with Gasteiger partial charge in [0.25, 0.3) is 5.91 Å². The van der Waals surface area contributed by atoms with Crippen molar-refractivity contribution in [1.82, 2.24) is 10.2 Å². The van der Waals surface area contributed by atoms with Gasteiger partial charge < -0.3 is 0 Å². The fraction of sp³-hybridized carbons (Fsp3) is 0.0588. The van der Waals surface area contributed by atoms with Crippen LogP contribution >= 0.6 is 23.1 Å². The van der Waals surface area contributed by atoms with Crippen molar-refractivity contribution in [3.63, 3.8) is 0 Å². The van der Waals surface area contributed by atoms with E-state index in [4.69, 9.17) is 0 Å². The number of benzene rings is 2. The number of thioether (sulfide) groups is 1. The fourth-order valence-electron chi connectivity index (χ4n) is 1.97. The van der Waals surface area contributed by atoms with Gasteiger partial charge in [0, 0.05) is 11.1 Å². The topological polar surface area (TPSA) is 72.0 Å². The van der Waals surface area contributed by atoms with Crippen LogP contribution in [0.1, 0.15) is 20.7 Å². The Balaban J connectivity index is 1.57. The number of Topliss-reactive ketones (excluding diaryl/α,β-unsaturated/α-hetero) is 1. The fourth-order valence-corrected chi connectivity index (χ4v) is 3.61. The molecule has 0 unspecified atom stereocenters. The molecule has 0 bridgehead atoms. The number of amides is 1. The van der Waals surface area contributed by atoms with Crippen LogP contribution in [0, 0.1) is 17.5 Å². The van der Waals surface area contributed by atoms with Gasteiger partial charge in [-0.15, -0.1) is 10.2 Å². The maximum atomic E-state index is 13.2. The summed E-state index contributed by atoms with van der Waals surface area (Å²) in [5.41, 5.74) is 0.310. The Morgan fingerprint density at radius 3 is 2.37 bits per heavy atom. The molecule has 0 radical (unpaired) electrons. The molecule has 0 spiro atoms. The maximum Gasteiger partial charge on any atom is 0.257 e. The molecule has 0 fully saturated rings. The van der Waals surface area contributed by atoms with E-state index in [1.165, 1.54) is 30.3 Å². The van der Waals surface area contributed by atoms with Crippen molar-refractivity contribution in [3.05, 3.63) is 71.0 Å². The molecule has 138 valence electrons. The summed E-state index contributed by atoms with van der Waals surface area (Å²) >= 11 is 2.11. The van der Waals surface area contributed by atoms with Crippen molar-refractivity contribution in [2.24, 2.45) is 0 Å². The van der Waals surface area contributed by atoms with E-state index in [1.807, 2.05) is 0 Å². The number of carbonyl (C=O) groups excluding carboxylic acids is 2. The highest BCUT2D eigenvalue weighted by Gasteiger charge is 2.14. The Labute approximate surface area is 159 Å². The standard InChI is InChI=1S/C17H10F3N3O2S2/c18-11-4-1-9(2-5-11)15(25)21-16-22-23-17(27-16)26-8-14(24)10-3-6-12(19)13(20)7-10/h1-7H,8H2,(H,21,22,25). The van der Waals surface area contributed by atoms with Gasteiger partial charge in [0.05, 0.1) is 5.75 Å². The average molecular weight is 409 g/mol. The Hall–Kier alpha value is -2.72. The minimum Gasteiger partial charge on any atom is -0.296 e. The average Bonchev–Trinajstić information content (AvgIpc) is 3.10. The molecule has 10 heteroatoms. The number of nitrogens with zero attached hydrogens (tertiary/aromatic N) is 2. The Morgan fingerprint density at radius 2 is 1.67 bits per heavy atom. The second-order valence-corrected chi connectivity index (χ2v) is 7.37. The second-order valence-electron chi connectivity index (χ2n) is 5.17. The number of nitrogens with one attached hydrogen (secondary N) is 1. The molecule has 3 aromatic rings. The monoisotopic (exact) mass is 409 g/mol. The van der Waals surface area contributed by atoms with E-state index in [2.05, 4.69) is 15.5 Å². The van der Waals surface area contributed by atoms with Crippen LogP contribution in [0.5, 0.6) is 0 Å². The van der Waals surface area contributed by atoms with Gasteiger partial charge in [-0.25, -0.2) is 13.2 Å². The van der Waals surface area contributed by atoms with Crippen molar-refractivity contribution in [3.8, 4) is 0 Å². The predicted octanol–water partition coefficient (Wildman–Crippen LogP) is 4.18. The molecule has 27 heavy (non-hydrogen) atoms. The molecular formula is C17H10F3N3O2S2. The molecule has 1 amide bonds. The number of carbonyl (C=O) groups is 2. The third kappa shape index (κ3) is 4.92. The number of ketones is 1. The van der Waals surface area contributed by atoms with Crippen LogP contribution in [0.4, 0.5) is 18.3 Å². The van der Waals surface area contributed by atoms with Crippen LogP contribution in [0.25, 0.3) is 0 Å². The highest BCUT2D eigenvalue weighted by atomic mass is 32.2. The van der Waals surface area contributed by atoms with Crippen LogP contribution in [-0.2, 0) is 0 Å². The van der Waals surface area contributed by atoms with Crippen LogP contribution in [0.2, 0.25) is 0 Å². The van der Waals surface area contributed by atoms with Gasteiger partial charge in [0.2, 0.25) is 5.13 Å². The van der Waals surface area contributed by atoms with E-state index in [-0.39, 0.29) is 22.0 Å². The molecule has 1 heterocycles. The van der Waals surface area contributed by atoms with Crippen LogP contribution in [-0.4, -0.2) is 27.6 Å². The molecule has 3 rings (SSSR count). The van der Waals surface area contributed by atoms with Crippen LogP contribution < -0.4 is 5.32 Å². The van der Waals surface area contributed by atoms with Crippen molar-refractivity contribution in [2.75, 3.05) is 11.1 Å². The summed E-state index contributed by atoms with van der Waals surface area (Å²) in [6.07, 6.45) is 0. The smallest absolute Gasteiger partial charge is 0.257 e. The van der Waals surface area contributed by atoms with Crippen molar-refractivity contribution in [2.45, 2.75) is 4.34 Å². The summed E-state index contributed by atoms with van der Waals surface area (Å²) in [4.78, 5) is 24.0. The number of halogens is 3. The molecule has 0 saturated heterocycles. The zero-order chi connectivity index (χ0) is 19.4. The van der Waals surface area contributed by atoms with Gasteiger partial charge in [-0.2, -0.15) is 0 Å². The molecule has 0 atom stereocenters. The number of anilines is 1. The van der Waals surface area contributed by atoms with E-state index in [9.17, 15) is 22.8 Å². The van der Waals surface area contributed by atoms with Crippen LogP contribution in [0.15, 0.2) is 46.8 Å². The van der Waals surface area contributed by atoms with Gasteiger partial charge in [0.15, 0.2) is 21.8 Å². The lowest BCUT2D eigenvalue weighted by Crippen LogP contribution is -2.11. The summed E-state index contributed by atoms with van der Waals surface area (Å²) < 4.78 is 39.4. The van der Waals surface area contributed by atoms with Gasteiger partial charge in [-0.05, 0) is 42.5 Å². The summed E-state index contributed by atoms with van der Waals surface area (Å²) in [7, 11) is 0. The van der Waals surface area contributed by atoms with Crippen molar-refractivity contribution < 1.29 is 22.8 Å². The third-order valence-electron chi connectivity index (χ3n) is 3.30. The first kappa shape index (κ1) is 19.1. The molecular weight excluding hydrogens is 399 g/mol. The van der Waals surface area contributed by atoms with E-state index >= 15 is 0 Å². The Bertz CT molecular complexity index is 993. The second kappa shape index (κ2) is 8.31. The molecule has 2 aromatic carbocycles. The number of rotatable bonds is 6. The summed E-state index contributed by atoms with van der Waals surface area (Å²) in [5, 5.41) is 10.4. The number of hydrogen-bond donors (Lipinski definition) is 1. The predicted molar refractivity (Wildman–Crippen MR) is 95.7 cm³/mol. The Morgan fingerprint density at radius 1 is 0.963 bits per heavy atom. The minimum absolute atomic E-state index is 0.0500. The first-order valence-electron chi connectivity index (χ1n) is 7.44. The highest BCUT2D eigenvalue weighted by molar-refractivity contribution is 8.01. The maximum absolute atomic E-state index is 13.2. The normalized spacial score (nSPS) is 10.6.